The number of nitrogens with zero attached hydrogens (tertiary/aromatic N) is 2. The first-order chi connectivity index (χ1) is 20.4. The molecule has 11 heteroatoms. The van der Waals surface area contributed by atoms with Crippen molar-refractivity contribution in [3.63, 3.8) is 0 Å². The minimum Gasteiger partial charge on any atom is -0.497 e. The second-order valence-electron chi connectivity index (χ2n) is 10.2. The molecule has 0 heterocycles. The lowest BCUT2D eigenvalue weighted by Crippen LogP contribution is -2.52. The van der Waals surface area contributed by atoms with Crippen molar-refractivity contribution < 1.29 is 32.2 Å². The zero-order chi connectivity index (χ0) is 31.7. The molecule has 0 spiro atoms. The van der Waals surface area contributed by atoms with Crippen molar-refractivity contribution in [1.82, 2.24) is 10.2 Å². The number of rotatable bonds is 14. The Bertz CT molecular complexity index is 1490. The highest BCUT2D eigenvalue weighted by atomic mass is 32.2. The average molecular weight is 612 g/mol. The quantitative estimate of drug-likeness (QED) is 0.285. The highest BCUT2D eigenvalue weighted by Crippen LogP contribution is 2.36. The summed E-state index contributed by atoms with van der Waals surface area (Å²) in [5.41, 5.74) is 1.74. The van der Waals surface area contributed by atoms with E-state index in [0.29, 0.717) is 17.9 Å². The largest absolute Gasteiger partial charge is 0.497 e. The Balaban J connectivity index is 2.11. The van der Waals surface area contributed by atoms with Crippen LogP contribution in [0.4, 0.5) is 5.69 Å². The Morgan fingerprint density at radius 1 is 0.860 bits per heavy atom. The van der Waals surface area contributed by atoms with Crippen molar-refractivity contribution >= 4 is 27.5 Å². The number of anilines is 1. The number of nitrogens with one attached hydrogen (secondary N) is 1. The zero-order valence-electron chi connectivity index (χ0n) is 25.8. The highest BCUT2D eigenvalue weighted by Gasteiger charge is 2.34. The predicted molar refractivity (Wildman–Crippen MR) is 166 cm³/mol. The summed E-state index contributed by atoms with van der Waals surface area (Å²) in [6, 6.07) is 17.2. The van der Waals surface area contributed by atoms with Crippen LogP contribution in [0.25, 0.3) is 0 Å². The Morgan fingerprint density at radius 3 is 2.02 bits per heavy atom. The molecular formula is C32H41N3O7S. The van der Waals surface area contributed by atoms with Crippen LogP contribution in [0, 0.1) is 6.92 Å². The van der Waals surface area contributed by atoms with Gasteiger partial charge in [-0.25, -0.2) is 8.42 Å². The molecule has 0 fully saturated rings. The summed E-state index contributed by atoms with van der Waals surface area (Å²) in [4.78, 5) is 28.8. The van der Waals surface area contributed by atoms with Gasteiger partial charge in [-0.2, -0.15) is 0 Å². The van der Waals surface area contributed by atoms with Crippen LogP contribution in [-0.2, 0) is 26.2 Å². The molecule has 2 amide bonds. The molecule has 0 unspecified atom stereocenters. The van der Waals surface area contributed by atoms with Gasteiger partial charge in [0.15, 0.2) is 0 Å². The van der Waals surface area contributed by atoms with E-state index in [1.807, 2.05) is 20.8 Å². The third-order valence-electron chi connectivity index (χ3n) is 7.22. The third kappa shape index (κ3) is 8.19. The molecule has 3 aromatic rings. The lowest BCUT2D eigenvalue weighted by Gasteiger charge is -2.33. The van der Waals surface area contributed by atoms with Gasteiger partial charge in [-0.15, -0.1) is 0 Å². The minimum atomic E-state index is -4.27. The second-order valence-corrected chi connectivity index (χ2v) is 12.1. The predicted octanol–water partition coefficient (Wildman–Crippen LogP) is 4.55. The number of aryl methyl sites for hydroxylation is 1. The molecule has 0 saturated heterocycles. The number of carbonyl (C=O) groups is 2. The summed E-state index contributed by atoms with van der Waals surface area (Å²) < 4.78 is 45.4. The lowest BCUT2D eigenvalue weighted by atomic mass is 10.1. The summed E-state index contributed by atoms with van der Waals surface area (Å²) in [5.74, 6) is 0.327. The fourth-order valence-electron chi connectivity index (χ4n) is 4.32. The number of hydrogen-bond acceptors (Lipinski definition) is 7. The summed E-state index contributed by atoms with van der Waals surface area (Å²) in [6.45, 7) is 6.77. The van der Waals surface area contributed by atoms with E-state index >= 15 is 0 Å². The van der Waals surface area contributed by atoms with E-state index in [-0.39, 0.29) is 34.8 Å². The summed E-state index contributed by atoms with van der Waals surface area (Å²) in [6.07, 6.45) is 0.711. The number of benzene rings is 3. The van der Waals surface area contributed by atoms with Crippen molar-refractivity contribution in [3.8, 4) is 17.2 Å². The minimum absolute atomic E-state index is 0.0000366. The van der Waals surface area contributed by atoms with E-state index in [2.05, 4.69) is 5.32 Å². The maximum Gasteiger partial charge on any atom is 0.264 e. The van der Waals surface area contributed by atoms with Gasteiger partial charge in [-0.3, -0.25) is 13.9 Å². The van der Waals surface area contributed by atoms with Crippen molar-refractivity contribution in [2.45, 2.75) is 57.6 Å². The van der Waals surface area contributed by atoms with Gasteiger partial charge in [0, 0.05) is 18.7 Å². The van der Waals surface area contributed by atoms with Gasteiger partial charge >= 0.3 is 0 Å². The van der Waals surface area contributed by atoms with E-state index in [4.69, 9.17) is 14.2 Å². The first kappa shape index (κ1) is 33.3. The zero-order valence-corrected chi connectivity index (χ0v) is 26.6. The molecule has 0 bridgehead atoms. The molecule has 0 aliphatic heterocycles. The number of ether oxygens (including phenoxy) is 3. The molecule has 0 radical (unpaired) electrons. The van der Waals surface area contributed by atoms with Gasteiger partial charge in [-0.05, 0) is 69.2 Å². The number of sulfonamides is 1. The van der Waals surface area contributed by atoms with Crippen molar-refractivity contribution in [3.05, 3.63) is 77.9 Å². The summed E-state index contributed by atoms with van der Waals surface area (Å²) >= 11 is 0. The van der Waals surface area contributed by atoms with E-state index in [9.17, 15) is 18.0 Å². The molecule has 0 aliphatic rings. The smallest absolute Gasteiger partial charge is 0.264 e. The van der Waals surface area contributed by atoms with E-state index in [1.54, 1.807) is 62.6 Å². The fraction of sp³-hybridized carbons (Fsp3) is 0.375. The molecule has 0 aromatic heterocycles. The highest BCUT2D eigenvalue weighted by molar-refractivity contribution is 7.92. The first-order valence-electron chi connectivity index (χ1n) is 14.0. The summed E-state index contributed by atoms with van der Waals surface area (Å²) in [7, 11) is 0.163. The average Bonchev–Trinajstić information content (AvgIpc) is 3.01. The van der Waals surface area contributed by atoms with Gasteiger partial charge in [0.1, 0.15) is 29.8 Å². The van der Waals surface area contributed by atoms with E-state index in [1.165, 1.54) is 37.3 Å². The Kier molecular flexibility index (Phi) is 11.4. The molecule has 232 valence electrons. The van der Waals surface area contributed by atoms with Crippen LogP contribution < -0.4 is 23.8 Å². The lowest BCUT2D eigenvalue weighted by molar-refractivity contribution is -0.139. The van der Waals surface area contributed by atoms with E-state index in [0.717, 1.165) is 15.4 Å². The van der Waals surface area contributed by atoms with Crippen LogP contribution in [0.15, 0.2) is 71.6 Å². The fourth-order valence-corrected chi connectivity index (χ4v) is 5.73. The van der Waals surface area contributed by atoms with Gasteiger partial charge < -0.3 is 24.4 Å². The molecule has 2 atom stereocenters. The van der Waals surface area contributed by atoms with Crippen molar-refractivity contribution in [2.24, 2.45) is 0 Å². The molecule has 10 nitrogen and oxygen atoms in total. The first-order valence-corrected chi connectivity index (χ1v) is 15.4. The molecule has 0 aliphatic carbocycles. The van der Waals surface area contributed by atoms with Crippen molar-refractivity contribution in [1.29, 1.82) is 0 Å². The SMILES string of the molecule is CC[C@H](C)NC(=O)[C@H](C)N(Cc1ccc(OC)cc1)C(=O)CN(c1cc(OC)ccc1OC)S(=O)(=O)c1ccc(C)cc1. The molecule has 1 N–H and O–H groups in total. The number of amides is 2. The normalized spacial score (nSPS) is 12.5. The molecule has 3 aromatic carbocycles. The number of carbonyl (C=O) groups excluding carboxylic acids is 2. The molecular weight excluding hydrogens is 570 g/mol. The van der Waals surface area contributed by atoms with Crippen LogP contribution >= 0.6 is 0 Å². The topological polar surface area (TPSA) is 114 Å². The van der Waals surface area contributed by atoms with Gasteiger partial charge in [0.25, 0.3) is 10.0 Å². The van der Waals surface area contributed by atoms with Gasteiger partial charge in [0.05, 0.1) is 31.9 Å². The molecule has 3 rings (SSSR count). The van der Waals surface area contributed by atoms with Gasteiger partial charge in [-0.1, -0.05) is 36.8 Å². The number of methoxy groups -OCH3 is 3. The maximum atomic E-state index is 14.2. The molecule has 0 saturated carbocycles. The van der Waals surface area contributed by atoms with E-state index < -0.39 is 28.5 Å². The molecule has 43 heavy (non-hydrogen) atoms. The Hall–Kier alpha value is -4.25. The Labute approximate surface area is 254 Å². The Morgan fingerprint density at radius 2 is 1.47 bits per heavy atom. The van der Waals surface area contributed by atoms with Crippen LogP contribution in [0.1, 0.15) is 38.3 Å². The third-order valence-corrected chi connectivity index (χ3v) is 9.00. The van der Waals surface area contributed by atoms with Crippen LogP contribution in [0.2, 0.25) is 0 Å². The standard InChI is InChI=1S/C32H41N3O7S/c1-8-23(3)33-32(37)24(4)34(20-25-11-13-26(40-5)14-12-25)31(36)21-35(29-19-27(41-6)15-18-30(29)42-7)43(38,39)28-16-9-22(2)10-17-28/h9-19,23-24H,8,20-21H2,1-7H3,(H,33,37)/t23-,24-/m0/s1. The van der Waals surface area contributed by atoms with Gasteiger partial charge in [0.2, 0.25) is 11.8 Å². The van der Waals surface area contributed by atoms with Crippen molar-refractivity contribution in [2.75, 3.05) is 32.2 Å². The monoisotopic (exact) mass is 611 g/mol. The van der Waals surface area contributed by atoms with Crippen LogP contribution in [0.5, 0.6) is 17.2 Å². The van der Waals surface area contributed by atoms with Crippen LogP contribution in [0.3, 0.4) is 0 Å². The summed E-state index contributed by atoms with van der Waals surface area (Å²) in [5, 5.41) is 2.93. The van der Waals surface area contributed by atoms with Crippen LogP contribution in [-0.4, -0.2) is 65.1 Å². The number of hydrogen-bond donors (Lipinski definition) is 1. The maximum absolute atomic E-state index is 14.2. The second kappa shape index (κ2) is 14.8.